The van der Waals surface area contributed by atoms with Crippen molar-refractivity contribution >= 4 is 45.5 Å². The van der Waals surface area contributed by atoms with Gasteiger partial charge in [-0.3, -0.25) is 0 Å². The monoisotopic (exact) mass is 435 g/mol. The summed E-state index contributed by atoms with van der Waals surface area (Å²) in [6.45, 7) is 4.11. The Bertz CT molecular complexity index is 647. The zero-order valence-electron chi connectivity index (χ0n) is 11.5. The summed E-state index contributed by atoms with van der Waals surface area (Å²) in [5, 5.41) is 6.37. The van der Waals surface area contributed by atoms with Crippen LogP contribution >= 0.6 is 45.5 Å². The molecule has 1 aromatic heterocycles. The summed E-state index contributed by atoms with van der Waals surface area (Å²) in [6.07, 6.45) is 0. The maximum Gasteiger partial charge on any atom is 0.162 e. The van der Waals surface area contributed by atoms with Crippen molar-refractivity contribution in [2.24, 2.45) is 0 Å². The van der Waals surface area contributed by atoms with Gasteiger partial charge in [-0.2, -0.15) is 0 Å². The Hall–Kier alpha value is -0.500. The molecule has 1 aromatic carbocycles. The van der Waals surface area contributed by atoms with Crippen LogP contribution in [0.1, 0.15) is 24.1 Å². The molecule has 0 bridgehead atoms. The molecule has 0 radical (unpaired) electrons. The van der Waals surface area contributed by atoms with E-state index >= 15 is 0 Å². The van der Waals surface area contributed by atoms with Crippen LogP contribution in [0.25, 0.3) is 0 Å². The molecule has 0 aliphatic carbocycles. The van der Waals surface area contributed by atoms with E-state index in [2.05, 4.69) is 46.3 Å². The number of nitrogens with one attached hydrogen (secondary N) is 1. The quantitative estimate of drug-likeness (QED) is 0.719. The molecular formula is C15H15ClINO2S. The molecular weight excluding hydrogens is 421 g/mol. The van der Waals surface area contributed by atoms with Gasteiger partial charge in [-0.05, 0) is 57.8 Å². The summed E-state index contributed by atoms with van der Waals surface area (Å²) in [5.41, 5.74) is 2.25. The smallest absolute Gasteiger partial charge is 0.162 e. The third-order valence-electron chi connectivity index (χ3n) is 3.30. The highest BCUT2D eigenvalue weighted by Crippen LogP contribution is 2.40. The van der Waals surface area contributed by atoms with E-state index in [1.54, 1.807) is 11.3 Å². The van der Waals surface area contributed by atoms with Crippen molar-refractivity contribution in [3.8, 4) is 11.5 Å². The van der Waals surface area contributed by atoms with E-state index < -0.39 is 0 Å². The Balaban J connectivity index is 2.02. The number of fused-ring (bicyclic) bond motifs is 1. The highest BCUT2D eigenvalue weighted by Gasteiger charge is 2.22. The molecule has 21 heavy (non-hydrogen) atoms. The minimum atomic E-state index is 0.0677. The number of halogens is 2. The van der Waals surface area contributed by atoms with Crippen LogP contribution in [0.2, 0.25) is 5.02 Å². The predicted octanol–water partition coefficient (Wildman–Crippen LogP) is 4.48. The first-order valence-corrected chi connectivity index (χ1v) is 9.09. The fourth-order valence-electron chi connectivity index (χ4n) is 2.39. The first-order valence-electron chi connectivity index (χ1n) is 6.75. The van der Waals surface area contributed by atoms with Crippen molar-refractivity contribution < 1.29 is 9.47 Å². The van der Waals surface area contributed by atoms with Crippen molar-refractivity contribution in [1.29, 1.82) is 0 Å². The predicted molar refractivity (Wildman–Crippen MR) is 95.0 cm³/mol. The maximum absolute atomic E-state index is 6.47. The number of rotatable bonds is 4. The van der Waals surface area contributed by atoms with Crippen LogP contribution in [0.4, 0.5) is 0 Å². The molecule has 6 heteroatoms. The van der Waals surface area contributed by atoms with Gasteiger partial charge in [0.2, 0.25) is 0 Å². The lowest BCUT2D eigenvalue weighted by atomic mass is 10.0. The van der Waals surface area contributed by atoms with Gasteiger partial charge in [0, 0.05) is 11.1 Å². The van der Waals surface area contributed by atoms with Crippen molar-refractivity contribution in [2.75, 3.05) is 19.8 Å². The lowest BCUT2D eigenvalue weighted by Gasteiger charge is -2.23. The Morgan fingerprint density at radius 2 is 2.00 bits per heavy atom. The molecule has 2 heterocycles. The zero-order chi connectivity index (χ0) is 14.8. The highest BCUT2D eigenvalue weighted by molar-refractivity contribution is 14.1. The second-order valence-corrected chi connectivity index (χ2v) is 7.90. The molecule has 3 rings (SSSR count). The van der Waals surface area contributed by atoms with Crippen molar-refractivity contribution in [1.82, 2.24) is 5.32 Å². The minimum absolute atomic E-state index is 0.0677. The van der Waals surface area contributed by atoms with E-state index in [1.165, 1.54) is 8.45 Å². The molecule has 0 saturated carbocycles. The summed E-state index contributed by atoms with van der Waals surface area (Å²) in [7, 11) is 0. The summed E-state index contributed by atoms with van der Waals surface area (Å²) in [6, 6.07) is 6.10. The molecule has 0 saturated heterocycles. The maximum atomic E-state index is 6.47. The van der Waals surface area contributed by atoms with Crippen LogP contribution in [0, 0.1) is 2.88 Å². The number of hydrogen-bond acceptors (Lipinski definition) is 4. The Labute approximate surface area is 146 Å². The molecule has 1 aliphatic rings. The highest BCUT2D eigenvalue weighted by atomic mass is 127. The average molecular weight is 436 g/mol. The summed E-state index contributed by atoms with van der Waals surface area (Å²) >= 11 is 10.5. The van der Waals surface area contributed by atoms with Gasteiger partial charge in [0.25, 0.3) is 0 Å². The van der Waals surface area contributed by atoms with Gasteiger partial charge < -0.3 is 14.8 Å². The normalized spacial score (nSPS) is 15.0. The first-order chi connectivity index (χ1) is 10.2. The molecule has 1 unspecified atom stereocenters. The van der Waals surface area contributed by atoms with Gasteiger partial charge >= 0.3 is 0 Å². The molecule has 1 N–H and O–H groups in total. The van der Waals surface area contributed by atoms with Crippen LogP contribution in [-0.4, -0.2) is 19.8 Å². The topological polar surface area (TPSA) is 30.5 Å². The first kappa shape index (κ1) is 15.4. The van der Waals surface area contributed by atoms with E-state index in [0.29, 0.717) is 18.2 Å². The lowest BCUT2D eigenvalue weighted by molar-refractivity contribution is 0.171. The molecule has 1 atom stereocenters. The molecule has 112 valence electrons. The number of ether oxygens (including phenoxy) is 2. The van der Waals surface area contributed by atoms with Gasteiger partial charge in [-0.25, -0.2) is 0 Å². The third-order valence-corrected chi connectivity index (χ3v) is 5.44. The number of thiophene rings is 1. The van der Waals surface area contributed by atoms with Crippen molar-refractivity contribution in [3.05, 3.63) is 42.6 Å². The van der Waals surface area contributed by atoms with Gasteiger partial charge in [0.05, 0.1) is 8.93 Å². The zero-order valence-corrected chi connectivity index (χ0v) is 15.2. The largest absolute Gasteiger partial charge is 0.486 e. The molecule has 0 amide bonds. The fraction of sp³-hybridized carbons (Fsp3) is 0.333. The number of hydrogen-bond donors (Lipinski definition) is 1. The molecule has 3 nitrogen and oxygen atoms in total. The Morgan fingerprint density at radius 1 is 1.29 bits per heavy atom. The molecule has 2 aromatic rings. The molecule has 0 spiro atoms. The summed E-state index contributed by atoms with van der Waals surface area (Å²) in [4.78, 5) is 0. The van der Waals surface area contributed by atoms with Crippen LogP contribution < -0.4 is 14.8 Å². The van der Waals surface area contributed by atoms with Gasteiger partial charge in [-0.15, -0.1) is 11.3 Å². The standard InChI is InChI=1S/C15H15ClINO2S/c1-2-18-15(9-5-14(17)21-8-9)10-6-12-13(7-11(10)16)20-4-3-19-12/h5-8,15,18H,2-4H2,1H3. The SMILES string of the molecule is CCNC(c1csc(I)c1)c1cc2c(cc1Cl)OCCO2. The van der Waals surface area contributed by atoms with Crippen molar-refractivity contribution in [3.63, 3.8) is 0 Å². The second kappa shape index (κ2) is 6.73. The van der Waals surface area contributed by atoms with Gasteiger partial charge in [0.1, 0.15) is 13.2 Å². The Kier molecular flexibility index (Phi) is 4.93. The summed E-state index contributed by atoms with van der Waals surface area (Å²) < 4.78 is 12.5. The van der Waals surface area contributed by atoms with Gasteiger partial charge in [-0.1, -0.05) is 18.5 Å². The Morgan fingerprint density at radius 3 is 2.62 bits per heavy atom. The molecule has 0 fully saturated rings. The number of benzene rings is 1. The molecule has 1 aliphatic heterocycles. The van der Waals surface area contributed by atoms with E-state index in [-0.39, 0.29) is 6.04 Å². The lowest BCUT2D eigenvalue weighted by Crippen LogP contribution is -2.22. The van der Waals surface area contributed by atoms with Crippen LogP contribution in [-0.2, 0) is 0 Å². The van der Waals surface area contributed by atoms with Gasteiger partial charge in [0.15, 0.2) is 11.5 Å². The van der Waals surface area contributed by atoms with E-state index in [9.17, 15) is 0 Å². The average Bonchev–Trinajstić information content (AvgIpc) is 2.91. The minimum Gasteiger partial charge on any atom is -0.486 e. The van der Waals surface area contributed by atoms with E-state index in [1.807, 2.05) is 12.1 Å². The van der Waals surface area contributed by atoms with E-state index in [0.717, 1.165) is 23.6 Å². The van der Waals surface area contributed by atoms with Crippen molar-refractivity contribution in [2.45, 2.75) is 13.0 Å². The van der Waals surface area contributed by atoms with Crippen LogP contribution in [0.3, 0.4) is 0 Å². The van der Waals surface area contributed by atoms with E-state index in [4.69, 9.17) is 21.1 Å². The summed E-state index contributed by atoms with van der Waals surface area (Å²) in [5.74, 6) is 1.50. The van der Waals surface area contributed by atoms with Crippen LogP contribution in [0.5, 0.6) is 11.5 Å². The third kappa shape index (κ3) is 3.31. The van der Waals surface area contributed by atoms with Crippen LogP contribution in [0.15, 0.2) is 23.6 Å². The fourth-order valence-corrected chi connectivity index (χ4v) is 4.05. The second-order valence-electron chi connectivity index (χ2n) is 4.69.